The number of anilines is 1. The van der Waals surface area contributed by atoms with Gasteiger partial charge < -0.3 is 10.1 Å². The number of hydrogen-bond donors (Lipinski definition) is 1. The van der Waals surface area contributed by atoms with Gasteiger partial charge in [-0.15, -0.1) is 0 Å². The van der Waals surface area contributed by atoms with E-state index in [1.807, 2.05) is 18.2 Å². The van der Waals surface area contributed by atoms with Gasteiger partial charge in [-0.25, -0.2) is 4.79 Å². The average Bonchev–Trinajstić information content (AvgIpc) is 2.48. The van der Waals surface area contributed by atoms with Crippen molar-refractivity contribution in [1.82, 2.24) is 0 Å². The molecule has 0 aliphatic heterocycles. The smallest absolute Gasteiger partial charge is 0.338 e. The minimum absolute atomic E-state index is 0.341. The number of rotatable bonds is 4. The Labute approximate surface area is 140 Å². The summed E-state index contributed by atoms with van der Waals surface area (Å²) in [5, 5.41) is 3.21. The molecule has 0 aliphatic carbocycles. The summed E-state index contributed by atoms with van der Waals surface area (Å²) >= 11 is 7.84. The Morgan fingerprint density at radius 1 is 1.10 bits per heavy atom. The molecular weight excluding hydrogens is 405 g/mol. The van der Waals surface area contributed by atoms with Crippen LogP contribution in [-0.4, -0.2) is 18.5 Å². The van der Waals surface area contributed by atoms with Crippen molar-refractivity contribution in [3.05, 3.63) is 62.7 Å². The van der Waals surface area contributed by atoms with Crippen LogP contribution in [-0.2, 0) is 9.53 Å². The Bertz CT molecular complexity index is 658. The number of ether oxygens (including phenoxy) is 1. The fourth-order valence-corrected chi connectivity index (χ4v) is 2.20. The molecule has 0 unspecified atom stereocenters. The van der Waals surface area contributed by atoms with Crippen molar-refractivity contribution in [2.45, 2.75) is 0 Å². The van der Waals surface area contributed by atoms with E-state index in [0.717, 1.165) is 3.57 Å². The van der Waals surface area contributed by atoms with E-state index in [1.165, 1.54) is 0 Å². The van der Waals surface area contributed by atoms with Gasteiger partial charge in [0.1, 0.15) is 0 Å². The number of halogens is 2. The third-order valence-corrected chi connectivity index (χ3v) is 3.75. The Morgan fingerprint density at radius 2 is 1.76 bits per heavy atom. The van der Waals surface area contributed by atoms with Crippen molar-refractivity contribution in [2.75, 3.05) is 11.9 Å². The third kappa shape index (κ3) is 4.71. The Kier molecular flexibility index (Phi) is 5.58. The SMILES string of the molecule is O=C(COC(=O)c1ccc(Cl)cc1)Nc1ccccc1I. The maximum atomic E-state index is 11.7. The minimum Gasteiger partial charge on any atom is -0.452 e. The molecule has 4 nitrogen and oxygen atoms in total. The van der Waals surface area contributed by atoms with Crippen LogP contribution in [0.15, 0.2) is 48.5 Å². The molecule has 108 valence electrons. The summed E-state index contributed by atoms with van der Waals surface area (Å²) in [6.45, 7) is -0.341. The molecule has 1 N–H and O–H groups in total. The summed E-state index contributed by atoms with van der Waals surface area (Å²) in [4.78, 5) is 23.5. The number of amides is 1. The van der Waals surface area contributed by atoms with E-state index < -0.39 is 5.97 Å². The molecule has 0 radical (unpaired) electrons. The first-order chi connectivity index (χ1) is 10.1. The quantitative estimate of drug-likeness (QED) is 0.611. The minimum atomic E-state index is -0.565. The molecule has 0 atom stereocenters. The van der Waals surface area contributed by atoms with Crippen LogP contribution in [0.1, 0.15) is 10.4 Å². The number of carbonyl (C=O) groups is 2. The molecule has 2 rings (SSSR count). The van der Waals surface area contributed by atoms with Gasteiger partial charge in [0, 0.05) is 8.59 Å². The Balaban J connectivity index is 1.88. The van der Waals surface area contributed by atoms with Crippen molar-refractivity contribution in [3.63, 3.8) is 0 Å². The standard InChI is InChI=1S/C15H11ClINO3/c16-11-7-5-10(6-8-11)15(20)21-9-14(19)18-13-4-2-1-3-12(13)17/h1-8H,9H2,(H,18,19). The van der Waals surface area contributed by atoms with Crippen LogP contribution in [0.5, 0.6) is 0 Å². The number of benzene rings is 2. The first-order valence-corrected chi connectivity index (χ1v) is 7.49. The molecule has 0 spiro atoms. The second-order valence-corrected chi connectivity index (χ2v) is 5.71. The van der Waals surface area contributed by atoms with E-state index in [9.17, 15) is 9.59 Å². The molecule has 6 heteroatoms. The number of esters is 1. The highest BCUT2D eigenvalue weighted by Crippen LogP contribution is 2.16. The highest BCUT2D eigenvalue weighted by atomic mass is 127. The zero-order valence-electron chi connectivity index (χ0n) is 10.8. The van der Waals surface area contributed by atoms with Gasteiger partial charge in [-0.1, -0.05) is 23.7 Å². The first kappa shape index (κ1) is 15.8. The van der Waals surface area contributed by atoms with Crippen LogP contribution in [0.25, 0.3) is 0 Å². The van der Waals surface area contributed by atoms with Crippen LogP contribution in [0, 0.1) is 3.57 Å². The monoisotopic (exact) mass is 415 g/mol. The normalized spacial score (nSPS) is 10.0. The zero-order valence-corrected chi connectivity index (χ0v) is 13.7. The van der Waals surface area contributed by atoms with Crippen LogP contribution in [0.4, 0.5) is 5.69 Å². The summed E-state index contributed by atoms with van der Waals surface area (Å²) in [5.41, 5.74) is 1.03. The maximum Gasteiger partial charge on any atom is 0.338 e. The van der Waals surface area contributed by atoms with Crippen molar-refractivity contribution < 1.29 is 14.3 Å². The largest absolute Gasteiger partial charge is 0.452 e. The fraction of sp³-hybridized carbons (Fsp3) is 0.0667. The fourth-order valence-electron chi connectivity index (χ4n) is 1.55. The summed E-state index contributed by atoms with van der Waals surface area (Å²) in [6, 6.07) is 13.6. The topological polar surface area (TPSA) is 55.4 Å². The lowest BCUT2D eigenvalue weighted by Crippen LogP contribution is -2.21. The molecule has 0 saturated carbocycles. The van der Waals surface area contributed by atoms with E-state index in [4.69, 9.17) is 16.3 Å². The highest BCUT2D eigenvalue weighted by Gasteiger charge is 2.11. The molecular formula is C15H11ClINO3. The lowest BCUT2D eigenvalue weighted by atomic mass is 10.2. The number of nitrogens with one attached hydrogen (secondary N) is 1. The van der Waals surface area contributed by atoms with Gasteiger partial charge in [-0.3, -0.25) is 4.79 Å². The van der Waals surface area contributed by atoms with E-state index in [2.05, 4.69) is 27.9 Å². The summed E-state index contributed by atoms with van der Waals surface area (Å²) in [5.74, 6) is -0.953. The maximum absolute atomic E-state index is 11.7. The van der Waals surface area contributed by atoms with Gasteiger partial charge in [-0.05, 0) is 59.0 Å². The Hall–Kier alpha value is -1.60. The van der Waals surface area contributed by atoms with Gasteiger partial charge in [0.15, 0.2) is 6.61 Å². The van der Waals surface area contributed by atoms with Crippen molar-refractivity contribution >= 4 is 51.8 Å². The number of carbonyl (C=O) groups excluding carboxylic acids is 2. The average molecular weight is 416 g/mol. The van der Waals surface area contributed by atoms with Crippen molar-refractivity contribution in [3.8, 4) is 0 Å². The number of hydrogen-bond acceptors (Lipinski definition) is 3. The van der Waals surface area contributed by atoms with E-state index in [-0.39, 0.29) is 12.5 Å². The molecule has 0 bridgehead atoms. The highest BCUT2D eigenvalue weighted by molar-refractivity contribution is 14.1. The zero-order chi connectivity index (χ0) is 15.2. The van der Waals surface area contributed by atoms with E-state index >= 15 is 0 Å². The molecule has 0 fully saturated rings. The molecule has 0 aromatic heterocycles. The summed E-state index contributed by atoms with van der Waals surface area (Å²) in [7, 11) is 0. The molecule has 0 saturated heterocycles. The molecule has 0 heterocycles. The molecule has 2 aromatic rings. The summed E-state index contributed by atoms with van der Waals surface area (Å²) < 4.78 is 5.86. The van der Waals surface area contributed by atoms with Crippen molar-refractivity contribution in [2.24, 2.45) is 0 Å². The molecule has 1 amide bonds. The van der Waals surface area contributed by atoms with Gasteiger partial charge in [0.25, 0.3) is 5.91 Å². The predicted molar refractivity (Wildman–Crippen MR) is 89.5 cm³/mol. The van der Waals surface area contributed by atoms with Gasteiger partial charge in [0.05, 0.1) is 11.3 Å². The van der Waals surface area contributed by atoms with Crippen LogP contribution < -0.4 is 5.32 Å². The van der Waals surface area contributed by atoms with Gasteiger partial charge in [-0.2, -0.15) is 0 Å². The lowest BCUT2D eigenvalue weighted by Gasteiger charge is -2.08. The summed E-state index contributed by atoms with van der Waals surface area (Å²) in [6.07, 6.45) is 0. The lowest BCUT2D eigenvalue weighted by molar-refractivity contribution is -0.119. The number of para-hydroxylation sites is 1. The predicted octanol–water partition coefficient (Wildman–Crippen LogP) is 3.74. The Morgan fingerprint density at radius 3 is 2.43 bits per heavy atom. The van der Waals surface area contributed by atoms with E-state index in [0.29, 0.717) is 16.3 Å². The molecule has 2 aromatic carbocycles. The molecule has 0 aliphatic rings. The second-order valence-electron chi connectivity index (χ2n) is 4.11. The van der Waals surface area contributed by atoms with Crippen LogP contribution in [0.3, 0.4) is 0 Å². The van der Waals surface area contributed by atoms with Gasteiger partial charge in [0.2, 0.25) is 0 Å². The second kappa shape index (κ2) is 7.42. The van der Waals surface area contributed by atoms with Crippen LogP contribution in [0.2, 0.25) is 5.02 Å². The van der Waals surface area contributed by atoms with Crippen LogP contribution >= 0.6 is 34.2 Å². The third-order valence-electron chi connectivity index (χ3n) is 2.56. The van der Waals surface area contributed by atoms with Crippen molar-refractivity contribution in [1.29, 1.82) is 0 Å². The van der Waals surface area contributed by atoms with E-state index in [1.54, 1.807) is 30.3 Å². The molecule has 21 heavy (non-hydrogen) atoms. The van der Waals surface area contributed by atoms with Gasteiger partial charge >= 0.3 is 5.97 Å². The first-order valence-electron chi connectivity index (χ1n) is 6.03.